The van der Waals surface area contributed by atoms with E-state index in [9.17, 15) is 10.5 Å². The number of fused-ring (bicyclic) bond motifs is 7. The highest BCUT2D eigenvalue weighted by molar-refractivity contribution is 5.16. The lowest BCUT2D eigenvalue weighted by atomic mass is 9.55. The molecule has 4 aliphatic heterocycles. The van der Waals surface area contributed by atoms with E-state index < -0.39 is 0 Å². The van der Waals surface area contributed by atoms with Crippen LogP contribution in [0.4, 0.5) is 0 Å². The molecule has 0 aromatic rings. The van der Waals surface area contributed by atoms with E-state index in [1.807, 2.05) is 0 Å². The van der Waals surface area contributed by atoms with Gasteiger partial charge in [-0.3, -0.25) is 9.80 Å². The number of nitriles is 2. The summed E-state index contributed by atoms with van der Waals surface area (Å²) in [5, 5.41) is 29.8. The fourth-order valence-corrected chi connectivity index (χ4v) is 19.0. The van der Waals surface area contributed by atoms with Crippen molar-refractivity contribution in [1.29, 1.82) is 10.5 Å². The van der Waals surface area contributed by atoms with E-state index in [0.29, 0.717) is 29.8 Å². The molecule has 0 aromatic heterocycles. The van der Waals surface area contributed by atoms with Gasteiger partial charge in [0.2, 0.25) is 0 Å². The number of nitrogens with zero attached hydrogens (tertiary/aromatic N) is 4. The van der Waals surface area contributed by atoms with Crippen LogP contribution in [0, 0.1) is 93.7 Å². The molecule has 0 amide bonds. The summed E-state index contributed by atoms with van der Waals surface area (Å²) in [5.41, 5.74) is 0. The molecule has 4 heterocycles. The highest BCUT2D eigenvalue weighted by Crippen LogP contribution is 2.61. The van der Waals surface area contributed by atoms with Crippen molar-refractivity contribution in [1.82, 2.24) is 20.4 Å². The average molecular weight is 791 g/mol. The molecule has 6 heteroatoms. The van der Waals surface area contributed by atoms with Gasteiger partial charge in [0, 0.05) is 48.3 Å². The summed E-state index contributed by atoms with van der Waals surface area (Å²) in [7, 11) is 0. The van der Waals surface area contributed by atoms with Crippen LogP contribution in [0.1, 0.15) is 180 Å². The summed E-state index contributed by atoms with van der Waals surface area (Å²) in [4.78, 5) is 6.54. The smallest absolute Gasteiger partial charge is 0.0659 e. The van der Waals surface area contributed by atoms with Gasteiger partial charge in [0.05, 0.1) is 24.0 Å². The molecule has 11 aliphatic rings. The first-order chi connectivity index (χ1) is 28.7. The maximum Gasteiger partial charge on any atom is 0.0659 e. The van der Waals surface area contributed by atoms with Crippen molar-refractivity contribution in [2.24, 2.45) is 71.0 Å². The van der Waals surface area contributed by atoms with E-state index in [0.717, 1.165) is 90.5 Å². The minimum absolute atomic E-state index is 0.0866. The Kier molecular flexibility index (Phi) is 11.7. The molecular formula is C52H82N6. The number of nitrogens with one attached hydrogen (secondary N) is 2. The molecular weight excluding hydrogens is 709 g/mol. The van der Waals surface area contributed by atoms with Crippen molar-refractivity contribution in [3.63, 3.8) is 0 Å². The quantitative estimate of drug-likeness (QED) is 0.289. The lowest BCUT2D eigenvalue weighted by molar-refractivity contribution is 0.00979. The van der Waals surface area contributed by atoms with Crippen LogP contribution in [-0.4, -0.2) is 71.2 Å². The van der Waals surface area contributed by atoms with Crippen LogP contribution >= 0.6 is 0 Å². The zero-order chi connectivity index (χ0) is 38.7. The largest absolute Gasteiger partial charge is 0.312 e. The predicted octanol–water partition coefficient (Wildman–Crippen LogP) is 10.2. The molecule has 320 valence electrons. The molecule has 6 nitrogen and oxygen atoms in total. The lowest BCUT2D eigenvalue weighted by Gasteiger charge is -2.49. The summed E-state index contributed by atoms with van der Waals surface area (Å²) < 4.78 is 0. The van der Waals surface area contributed by atoms with Gasteiger partial charge in [-0.05, 0) is 201 Å². The first-order valence-electron chi connectivity index (χ1n) is 26.5. The van der Waals surface area contributed by atoms with Crippen LogP contribution in [0.25, 0.3) is 0 Å². The average Bonchev–Trinajstić information content (AvgIpc) is 3.79. The van der Waals surface area contributed by atoms with Crippen molar-refractivity contribution in [2.75, 3.05) is 13.1 Å². The molecule has 0 aromatic carbocycles. The minimum Gasteiger partial charge on any atom is -0.312 e. The van der Waals surface area contributed by atoms with Gasteiger partial charge in [-0.1, -0.05) is 51.4 Å². The summed E-state index contributed by atoms with van der Waals surface area (Å²) >= 11 is 0. The third kappa shape index (κ3) is 7.07. The topological polar surface area (TPSA) is 78.1 Å². The van der Waals surface area contributed by atoms with Gasteiger partial charge >= 0.3 is 0 Å². The Morgan fingerprint density at radius 1 is 0.379 bits per heavy atom. The summed E-state index contributed by atoms with van der Waals surface area (Å²) in [6, 6.07) is 12.3. The van der Waals surface area contributed by atoms with Gasteiger partial charge in [0.25, 0.3) is 0 Å². The van der Waals surface area contributed by atoms with E-state index in [4.69, 9.17) is 0 Å². The van der Waals surface area contributed by atoms with E-state index in [1.54, 1.807) is 0 Å². The first-order valence-corrected chi connectivity index (χ1v) is 26.5. The Hall–Kier alpha value is -1.18. The second-order valence-corrected chi connectivity index (χ2v) is 23.3. The number of rotatable bonds is 5. The highest BCUT2D eigenvalue weighted by atomic mass is 15.3. The summed E-state index contributed by atoms with van der Waals surface area (Å²) in [6.45, 7) is 2.40. The summed E-state index contributed by atoms with van der Waals surface area (Å²) in [6.07, 6.45) is 39.0. The van der Waals surface area contributed by atoms with Crippen LogP contribution in [-0.2, 0) is 0 Å². The van der Waals surface area contributed by atoms with E-state index >= 15 is 0 Å². The molecule has 0 bridgehead atoms. The Morgan fingerprint density at radius 2 is 0.966 bits per heavy atom. The van der Waals surface area contributed by atoms with Crippen molar-refractivity contribution in [3.05, 3.63) is 0 Å². The van der Waals surface area contributed by atoms with Crippen LogP contribution in [0.3, 0.4) is 0 Å². The maximum atomic E-state index is 11.0. The predicted molar refractivity (Wildman–Crippen MR) is 232 cm³/mol. The molecule has 2 N–H and O–H groups in total. The molecule has 0 radical (unpaired) electrons. The second-order valence-electron chi connectivity index (χ2n) is 23.3. The third-order valence-electron chi connectivity index (χ3n) is 21.2. The fourth-order valence-electron chi connectivity index (χ4n) is 19.0. The van der Waals surface area contributed by atoms with Crippen molar-refractivity contribution < 1.29 is 0 Å². The molecule has 14 atom stereocenters. The van der Waals surface area contributed by atoms with Crippen LogP contribution < -0.4 is 10.6 Å². The zero-order valence-electron chi connectivity index (χ0n) is 36.5. The molecule has 14 unspecified atom stereocenters. The minimum atomic E-state index is 0.0866. The number of piperidine rings is 2. The number of hydrogen-bond acceptors (Lipinski definition) is 6. The van der Waals surface area contributed by atoms with Crippen molar-refractivity contribution in [3.8, 4) is 12.1 Å². The molecule has 11 rings (SSSR count). The monoisotopic (exact) mass is 791 g/mol. The molecule has 7 saturated carbocycles. The van der Waals surface area contributed by atoms with Gasteiger partial charge in [-0.2, -0.15) is 10.5 Å². The Bertz CT molecular complexity index is 1450. The molecule has 11 fully saturated rings. The third-order valence-corrected chi connectivity index (χ3v) is 21.2. The van der Waals surface area contributed by atoms with Gasteiger partial charge in [-0.25, -0.2) is 0 Å². The standard InChI is InChI=1S/C52H82N6/c53-31-37-26-36(33-17-19-34(20-18-33)41-23-25-55-46-15-9-24-56-52(41)46)27-38(32-54)51(37)35-21-22-48-43(28-35)45-29-44-42-14-7-8-16-47(42)57(39-10-3-1-4-11-39)49(44)30-50(45)58(48)40-12-5-2-6-13-40/h33-52,55-56H,1-30H2. The molecule has 4 saturated heterocycles. The SMILES string of the molecule is N#CC1CC(C2CCC(C3CCNC4CCCNC43)CC2)CC(C#N)C1C1CCC2C(C1)C1CC3C4CCCCC4N(C4CCCCC4)C3CC1N2C1CCCCC1. The van der Waals surface area contributed by atoms with Crippen LogP contribution in [0.5, 0.6) is 0 Å². The number of likely N-dealkylation sites (tertiary alicyclic amines) is 2. The van der Waals surface area contributed by atoms with Crippen LogP contribution in [0.2, 0.25) is 0 Å². The van der Waals surface area contributed by atoms with Gasteiger partial charge in [-0.15, -0.1) is 0 Å². The molecule has 7 aliphatic carbocycles. The van der Waals surface area contributed by atoms with Crippen LogP contribution in [0.15, 0.2) is 0 Å². The zero-order valence-corrected chi connectivity index (χ0v) is 36.5. The Morgan fingerprint density at radius 3 is 1.66 bits per heavy atom. The van der Waals surface area contributed by atoms with Crippen molar-refractivity contribution >= 4 is 0 Å². The van der Waals surface area contributed by atoms with Gasteiger partial charge in [0.1, 0.15) is 0 Å². The first kappa shape index (κ1) is 39.7. The van der Waals surface area contributed by atoms with Crippen molar-refractivity contribution in [2.45, 2.75) is 228 Å². The maximum absolute atomic E-state index is 11.0. The van der Waals surface area contributed by atoms with Gasteiger partial charge in [0.15, 0.2) is 0 Å². The van der Waals surface area contributed by atoms with E-state index in [1.165, 1.54) is 180 Å². The normalized spacial score (nSPS) is 50.7. The Balaban J connectivity index is 0.798. The lowest BCUT2D eigenvalue weighted by Crippen LogP contribution is -2.60. The van der Waals surface area contributed by atoms with E-state index in [2.05, 4.69) is 32.6 Å². The Labute approximate surface area is 354 Å². The molecule has 58 heavy (non-hydrogen) atoms. The second kappa shape index (κ2) is 17.2. The van der Waals surface area contributed by atoms with Gasteiger partial charge < -0.3 is 10.6 Å². The number of hydrogen-bond donors (Lipinski definition) is 2. The summed E-state index contributed by atoms with van der Waals surface area (Å²) in [5.74, 6) is 7.63. The van der Waals surface area contributed by atoms with E-state index in [-0.39, 0.29) is 11.8 Å². The highest BCUT2D eigenvalue weighted by Gasteiger charge is 2.62. The molecule has 0 spiro atoms. The fraction of sp³-hybridized carbons (Fsp3) is 0.962.